The molecule has 0 aromatic carbocycles. The summed E-state index contributed by atoms with van der Waals surface area (Å²) in [4.78, 5) is 22.1. The summed E-state index contributed by atoms with van der Waals surface area (Å²) >= 11 is 0. The Morgan fingerprint density at radius 2 is 1.93 bits per heavy atom. The number of ketones is 1. The maximum absolute atomic E-state index is 11.1. The monoisotopic (exact) mass is 211 g/mol. The lowest BCUT2D eigenvalue weighted by Crippen LogP contribution is -2.39. The van der Waals surface area contributed by atoms with Gasteiger partial charge in [-0.05, 0) is 37.6 Å². The predicted octanol–water partition coefficient (Wildman–Crippen LogP) is 0.808. The molecule has 0 amide bonds. The second kappa shape index (κ2) is 4.31. The molecule has 0 radical (unpaired) electrons. The zero-order chi connectivity index (χ0) is 10.8. The van der Waals surface area contributed by atoms with E-state index in [9.17, 15) is 9.59 Å². The summed E-state index contributed by atoms with van der Waals surface area (Å²) in [5, 5.41) is 12.1. The van der Waals surface area contributed by atoms with Gasteiger partial charge in [-0.15, -0.1) is 0 Å². The molecule has 2 rings (SSSR count). The minimum absolute atomic E-state index is 0.232. The lowest BCUT2D eigenvalue weighted by molar-refractivity contribution is -0.140. The van der Waals surface area contributed by atoms with Crippen molar-refractivity contribution in [3.05, 3.63) is 0 Å². The fraction of sp³-hybridized carbons (Fsp3) is 0.818. The van der Waals surface area contributed by atoms with Crippen LogP contribution in [0.3, 0.4) is 0 Å². The first-order chi connectivity index (χ1) is 7.18. The number of hydrogen-bond donors (Lipinski definition) is 2. The zero-order valence-corrected chi connectivity index (χ0v) is 8.74. The third-order valence-corrected chi connectivity index (χ3v) is 3.73. The molecule has 2 atom stereocenters. The van der Waals surface area contributed by atoms with Crippen LogP contribution in [0.2, 0.25) is 0 Å². The molecular weight excluding hydrogens is 194 g/mol. The van der Waals surface area contributed by atoms with Crippen molar-refractivity contribution in [1.29, 1.82) is 0 Å². The van der Waals surface area contributed by atoms with Gasteiger partial charge in [0.1, 0.15) is 11.8 Å². The van der Waals surface area contributed by atoms with Crippen molar-refractivity contribution >= 4 is 11.8 Å². The Labute approximate surface area is 89.0 Å². The van der Waals surface area contributed by atoms with E-state index in [2.05, 4.69) is 5.32 Å². The highest BCUT2D eigenvalue weighted by Crippen LogP contribution is 2.34. The number of carboxylic acid groups (broad SMARTS) is 1. The van der Waals surface area contributed by atoms with Gasteiger partial charge in [0.15, 0.2) is 0 Å². The number of nitrogens with one attached hydrogen (secondary N) is 1. The minimum atomic E-state index is -0.741. The Kier molecular flexibility index (Phi) is 3.05. The number of carbonyl (C=O) groups excluding carboxylic acids is 1. The van der Waals surface area contributed by atoms with Gasteiger partial charge in [-0.2, -0.15) is 0 Å². The minimum Gasteiger partial charge on any atom is -0.480 e. The normalized spacial score (nSPS) is 33.2. The van der Waals surface area contributed by atoms with Gasteiger partial charge in [-0.1, -0.05) is 0 Å². The highest BCUT2D eigenvalue weighted by molar-refractivity contribution is 5.79. The Morgan fingerprint density at radius 3 is 2.53 bits per heavy atom. The lowest BCUT2D eigenvalue weighted by atomic mass is 9.76. The quantitative estimate of drug-likeness (QED) is 0.709. The zero-order valence-electron chi connectivity index (χ0n) is 8.74. The van der Waals surface area contributed by atoms with Crippen LogP contribution < -0.4 is 5.32 Å². The fourth-order valence-electron chi connectivity index (χ4n) is 2.89. The lowest BCUT2D eigenvalue weighted by Gasteiger charge is -2.28. The first-order valence-electron chi connectivity index (χ1n) is 5.66. The van der Waals surface area contributed by atoms with Crippen molar-refractivity contribution in [3.63, 3.8) is 0 Å². The Morgan fingerprint density at radius 1 is 1.27 bits per heavy atom. The number of rotatable bonds is 2. The molecule has 1 aliphatic carbocycles. The van der Waals surface area contributed by atoms with E-state index in [-0.39, 0.29) is 12.0 Å². The summed E-state index contributed by atoms with van der Waals surface area (Å²) in [6.07, 6.45) is 4.00. The molecule has 84 valence electrons. The summed E-state index contributed by atoms with van der Waals surface area (Å²) in [5.41, 5.74) is 0. The predicted molar refractivity (Wildman–Crippen MR) is 54.5 cm³/mol. The average molecular weight is 211 g/mol. The van der Waals surface area contributed by atoms with Crippen molar-refractivity contribution < 1.29 is 14.7 Å². The molecule has 0 aromatic heterocycles. The van der Waals surface area contributed by atoms with Crippen LogP contribution in [0.4, 0.5) is 0 Å². The number of hydrogen-bond acceptors (Lipinski definition) is 3. The first-order valence-corrected chi connectivity index (χ1v) is 5.66. The van der Waals surface area contributed by atoms with Crippen LogP contribution in [-0.4, -0.2) is 29.4 Å². The van der Waals surface area contributed by atoms with Gasteiger partial charge in [-0.3, -0.25) is 9.59 Å². The molecule has 1 heterocycles. The molecule has 1 aliphatic heterocycles. The second-order valence-corrected chi connectivity index (χ2v) is 4.60. The molecule has 0 spiro atoms. The van der Waals surface area contributed by atoms with Gasteiger partial charge >= 0.3 is 5.97 Å². The van der Waals surface area contributed by atoms with Gasteiger partial charge < -0.3 is 10.4 Å². The Balaban J connectivity index is 1.97. The van der Waals surface area contributed by atoms with E-state index in [0.29, 0.717) is 24.5 Å². The standard InChI is InChI=1S/C11H17NO3/c13-8-3-1-7(2-4-8)9-5-6-12-10(9)11(14)15/h7,9-10,12H,1-6H2,(H,14,15). The van der Waals surface area contributed by atoms with E-state index in [1.165, 1.54) is 0 Å². The summed E-state index contributed by atoms with van der Waals surface area (Å²) in [7, 11) is 0. The van der Waals surface area contributed by atoms with Gasteiger partial charge in [-0.25, -0.2) is 0 Å². The van der Waals surface area contributed by atoms with E-state index in [0.717, 1.165) is 25.8 Å². The molecule has 2 aliphatic rings. The molecule has 15 heavy (non-hydrogen) atoms. The van der Waals surface area contributed by atoms with E-state index in [4.69, 9.17) is 5.11 Å². The largest absolute Gasteiger partial charge is 0.480 e. The molecule has 1 saturated heterocycles. The summed E-state index contributed by atoms with van der Waals surface area (Å²) in [5.74, 6) is 0.257. The van der Waals surface area contributed by atoms with Crippen molar-refractivity contribution in [2.45, 2.75) is 38.1 Å². The number of carboxylic acids is 1. The van der Waals surface area contributed by atoms with Crippen LogP contribution in [0.5, 0.6) is 0 Å². The highest BCUT2D eigenvalue weighted by Gasteiger charge is 2.38. The molecule has 0 bridgehead atoms. The molecule has 1 saturated carbocycles. The molecule has 2 N–H and O–H groups in total. The third-order valence-electron chi connectivity index (χ3n) is 3.73. The van der Waals surface area contributed by atoms with Crippen molar-refractivity contribution in [3.8, 4) is 0 Å². The Hall–Kier alpha value is -0.900. The van der Waals surface area contributed by atoms with E-state index >= 15 is 0 Å². The molecule has 4 heteroatoms. The van der Waals surface area contributed by atoms with Crippen LogP contribution in [0.25, 0.3) is 0 Å². The molecular formula is C11H17NO3. The van der Waals surface area contributed by atoms with Gasteiger partial charge in [0.05, 0.1) is 0 Å². The maximum Gasteiger partial charge on any atom is 0.320 e. The Bertz CT molecular complexity index is 267. The summed E-state index contributed by atoms with van der Waals surface area (Å²) < 4.78 is 0. The van der Waals surface area contributed by atoms with E-state index in [1.54, 1.807) is 0 Å². The van der Waals surface area contributed by atoms with Crippen LogP contribution in [0, 0.1) is 11.8 Å². The number of carbonyl (C=O) groups is 2. The smallest absolute Gasteiger partial charge is 0.320 e. The van der Waals surface area contributed by atoms with Crippen LogP contribution in [0.15, 0.2) is 0 Å². The second-order valence-electron chi connectivity index (χ2n) is 4.60. The van der Waals surface area contributed by atoms with Crippen molar-refractivity contribution in [2.24, 2.45) is 11.8 Å². The van der Waals surface area contributed by atoms with Crippen LogP contribution in [0.1, 0.15) is 32.1 Å². The summed E-state index contributed by atoms with van der Waals surface area (Å²) in [6.45, 7) is 0.798. The number of aliphatic carboxylic acids is 1. The maximum atomic E-state index is 11.1. The van der Waals surface area contributed by atoms with Crippen molar-refractivity contribution in [1.82, 2.24) is 5.32 Å². The fourth-order valence-corrected chi connectivity index (χ4v) is 2.89. The van der Waals surface area contributed by atoms with E-state index in [1.807, 2.05) is 0 Å². The highest BCUT2D eigenvalue weighted by atomic mass is 16.4. The molecule has 4 nitrogen and oxygen atoms in total. The van der Waals surface area contributed by atoms with Gasteiger partial charge in [0.25, 0.3) is 0 Å². The topological polar surface area (TPSA) is 66.4 Å². The van der Waals surface area contributed by atoms with Crippen LogP contribution in [-0.2, 0) is 9.59 Å². The van der Waals surface area contributed by atoms with E-state index < -0.39 is 5.97 Å². The summed E-state index contributed by atoms with van der Waals surface area (Å²) in [6, 6.07) is -0.386. The molecule has 0 aromatic rings. The van der Waals surface area contributed by atoms with Gasteiger partial charge in [0.2, 0.25) is 0 Å². The molecule has 2 fully saturated rings. The SMILES string of the molecule is O=C1CCC(C2CCNC2C(=O)O)CC1. The third kappa shape index (κ3) is 2.20. The van der Waals surface area contributed by atoms with Crippen molar-refractivity contribution in [2.75, 3.05) is 6.54 Å². The van der Waals surface area contributed by atoms with Gasteiger partial charge in [0, 0.05) is 12.8 Å². The number of Topliss-reactive ketones (excluding diaryl/α,β-unsaturated/α-hetero) is 1. The molecule has 2 unspecified atom stereocenters. The van der Waals surface area contributed by atoms with Crippen LogP contribution >= 0.6 is 0 Å². The first kappa shape index (κ1) is 10.6. The average Bonchev–Trinajstić information content (AvgIpc) is 2.67.